The SMILES string of the molecule is O=C(CCn1ccccc1=O)N1CCC2(CCN(Cc3ccccn3)C2=O)C1. The number of likely N-dealkylation sites (tertiary alicyclic amines) is 2. The summed E-state index contributed by atoms with van der Waals surface area (Å²) in [5, 5.41) is 0. The summed E-state index contributed by atoms with van der Waals surface area (Å²) in [6.45, 7) is 2.67. The summed E-state index contributed by atoms with van der Waals surface area (Å²) in [6, 6.07) is 10.7. The van der Waals surface area contributed by atoms with Gasteiger partial charge in [-0.1, -0.05) is 12.1 Å². The molecule has 7 nitrogen and oxygen atoms in total. The first-order valence-corrected chi connectivity index (χ1v) is 9.70. The van der Waals surface area contributed by atoms with Crippen LogP contribution >= 0.6 is 0 Å². The van der Waals surface area contributed by atoms with Gasteiger partial charge in [0.05, 0.1) is 17.7 Å². The van der Waals surface area contributed by atoms with Crippen molar-refractivity contribution in [3.8, 4) is 0 Å². The molecule has 0 N–H and O–H groups in total. The van der Waals surface area contributed by atoms with Gasteiger partial charge in [0.1, 0.15) is 0 Å². The Balaban J connectivity index is 1.35. The second-order valence-corrected chi connectivity index (χ2v) is 7.63. The highest BCUT2D eigenvalue weighted by atomic mass is 16.2. The van der Waals surface area contributed by atoms with Crippen molar-refractivity contribution in [2.75, 3.05) is 19.6 Å². The molecule has 7 heteroatoms. The van der Waals surface area contributed by atoms with E-state index in [4.69, 9.17) is 0 Å². The number of carbonyl (C=O) groups is 2. The largest absolute Gasteiger partial charge is 0.342 e. The molecular weight excluding hydrogens is 356 g/mol. The Bertz CT molecular complexity index is 927. The summed E-state index contributed by atoms with van der Waals surface area (Å²) >= 11 is 0. The van der Waals surface area contributed by atoms with Crippen molar-refractivity contribution in [1.29, 1.82) is 0 Å². The zero-order valence-corrected chi connectivity index (χ0v) is 15.8. The molecule has 4 rings (SSSR count). The standard InChI is InChI=1S/C21H24N4O3/c26-18-6-2-4-11-23(18)12-7-19(27)25-14-9-21(16-25)8-13-24(20(21)28)15-17-5-1-3-10-22-17/h1-6,10-11H,7-9,12-16H2. The van der Waals surface area contributed by atoms with Crippen LogP contribution in [-0.2, 0) is 22.7 Å². The van der Waals surface area contributed by atoms with E-state index in [1.807, 2.05) is 23.1 Å². The van der Waals surface area contributed by atoms with Gasteiger partial charge in [0.25, 0.3) is 5.56 Å². The van der Waals surface area contributed by atoms with Gasteiger partial charge in [-0.2, -0.15) is 0 Å². The van der Waals surface area contributed by atoms with E-state index in [1.54, 1.807) is 34.0 Å². The first kappa shape index (κ1) is 18.4. The zero-order valence-electron chi connectivity index (χ0n) is 15.8. The quantitative estimate of drug-likeness (QED) is 0.783. The van der Waals surface area contributed by atoms with E-state index in [0.717, 1.165) is 12.1 Å². The number of rotatable bonds is 5. The molecule has 146 valence electrons. The van der Waals surface area contributed by atoms with Gasteiger partial charge < -0.3 is 14.4 Å². The predicted molar refractivity (Wildman–Crippen MR) is 103 cm³/mol. The van der Waals surface area contributed by atoms with Crippen LogP contribution in [0.1, 0.15) is 25.0 Å². The van der Waals surface area contributed by atoms with Gasteiger partial charge in [0.15, 0.2) is 0 Å². The first-order valence-electron chi connectivity index (χ1n) is 9.70. The molecule has 2 amide bonds. The normalized spacial score (nSPS) is 21.6. The molecule has 0 saturated carbocycles. The Kier molecular flexibility index (Phi) is 4.98. The number of nitrogens with zero attached hydrogens (tertiary/aromatic N) is 4. The molecule has 2 aliphatic heterocycles. The lowest BCUT2D eigenvalue weighted by Crippen LogP contribution is -2.38. The van der Waals surface area contributed by atoms with Gasteiger partial charge in [0, 0.05) is 51.1 Å². The lowest BCUT2D eigenvalue weighted by Gasteiger charge is -2.23. The fourth-order valence-electron chi connectivity index (χ4n) is 4.21. The molecule has 1 unspecified atom stereocenters. The molecule has 4 heterocycles. The van der Waals surface area contributed by atoms with Crippen LogP contribution in [-0.4, -0.2) is 50.8 Å². The molecule has 0 aliphatic carbocycles. The summed E-state index contributed by atoms with van der Waals surface area (Å²) in [6.07, 6.45) is 5.19. The molecular formula is C21H24N4O3. The zero-order chi connectivity index (χ0) is 19.6. The molecule has 0 radical (unpaired) electrons. The van der Waals surface area contributed by atoms with Crippen molar-refractivity contribution in [2.24, 2.45) is 5.41 Å². The number of aryl methyl sites for hydroxylation is 1. The maximum atomic E-state index is 13.0. The van der Waals surface area contributed by atoms with Gasteiger partial charge in [-0.15, -0.1) is 0 Å². The summed E-state index contributed by atoms with van der Waals surface area (Å²) < 4.78 is 1.54. The summed E-state index contributed by atoms with van der Waals surface area (Å²) in [5.41, 5.74) is 0.324. The van der Waals surface area contributed by atoms with E-state index in [1.165, 1.54) is 6.07 Å². The van der Waals surface area contributed by atoms with E-state index in [2.05, 4.69) is 4.98 Å². The minimum Gasteiger partial charge on any atom is -0.342 e. The third kappa shape index (κ3) is 3.56. The van der Waals surface area contributed by atoms with Crippen molar-refractivity contribution >= 4 is 11.8 Å². The molecule has 2 aromatic heterocycles. The molecule has 2 fully saturated rings. The monoisotopic (exact) mass is 380 g/mol. The molecule has 2 aliphatic rings. The summed E-state index contributed by atoms with van der Waals surface area (Å²) in [5.74, 6) is 0.135. The second-order valence-electron chi connectivity index (χ2n) is 7.63. The van der Waals surface area contributed by atoms with Crippen LogP contribution in [0.3, 0.4) is 0 Å². The molecule has 0 aromatic carbocycles. The van der Waals surface area contributed by atoms with Gasteiger partial charge in [-0.25, -0.2) is 0 Å². The average molecular weight is 380 g/mol. The Morgan fingerprint density at radius 2 is 1.89 bits per heavy atom. The van der Waals surface area contributed by atoms with Crippen molar-refractivity contribution in [1.82, 2.24) is 19.4 Å². The third-order valence-corrected chi connectivity index (χ3v) is 5.85. The Hall–Kier alpha value is -2.96. The minimum atomic E-state index is -0.450. The lowest BCUT2D eigenvalue weighted by atomic mass is 9.85. The highest BCUT2D eigenvalue weighted by Crippen LogP contribution is 2.41. The Morgan fingerprint density at radius 3 is 2.68 bits per heavy atom. The summed E-state index contributed by atoms with van der Waals surface area (Å²) in [7, 11) is 0. The molecule has 1 atom stereocenters. The first-order chi connectivity index (χ1) is 13.6. The van der Waals surface area contributed by atoms with E-state index < -0.39 is 5.41 Å². The van der Waals surface area contributed by atoms with Crippen LogP contribution < -0.4 is 5.56 Å². The fourth-order valence-corrected chi connectivity index (χ4v) is 4.21. The lowest BCUT2D eigenvalue weighted by molar-refractivity contribution is -0.137. The molecule has 28 heavy (non-hydrogen) atoms. The number of amides is 2. The maximum Gasteiger partial charge on any atom is 0.250 e. The number of hydrogen-bond acceptors (Lipinski definition) is 4. The van der Waals surface area contributed by atoms with Crippen molar-refractivity contribution in [3.63, 3.8) is 0 Å². The number of carbonyl (C=O) groups excluding carboxylic acids is 2. The smallest absolute Gasteiger partial charge is 0.250 e. The van der Waals surface area contributed by atoms with Crippen LogP contribution in [0, 0.1) is 5.41 Å². The van der Waals surface area contributed by atoms with E-state index >= 15 is 0 Å². The topological polar surface area (TPSA) is 75.5 Å². The second kappa shape index (κ2) is 7.58. The van der Waals surface area contributed by atoms with Crippen LogP contribution in [0.5, 0.6) is 0 Å². The molecule has 1 spiro atoms. The molecule has 2 aromatic rings. The van der Waals surface area contributed by atoms with Crippen molar-refractivity contribution < 1.29 is 9.59 Å². The van der Waals surface area contributed by atoms with Crippen LogP contribution in [0.2, 0.25) is 0 Å². The van der Waals surface area contributed by atoms with Crippen LogP contribution in [0.15, 0.2) is 53.6 Å². The average Bonchev–Trinajstić information content (AvgIpc) is 3.28. The maximum absolute atomic E-state index is 13.0. The van der Waals surface area contributed by atoms with E-state index in [0.29, 0.717) is 39.1 Å². The highest BCUT2D eigenvalue weighted by Gasteiger charge is 2.51. The fraction of sp³-hybridized carbons (Fsp3) is 0.429. The van der Waals surface area contributed by atoms with Gasteiger partial charge in [-0.3, -0.25) is 19.4 Å². The van der Waals surface area contributed by atoms with Crippen LogP contribution in [0.4, 0.5) is 0 Å². The minimum absolute atomic E-state index is 0.00334. The van der Waals surface area contributed by atoms with Gasteiger partial charge in [-0.05, 0) is 31.0 Å². The van der Waals surface area contributed by atoms with Crippen molar-refractivity contribution in [2.45, 2.75) is 32.4 Å². The number of pyridine rings is 2. The van der Waals surface area contributed by atoms with Crippen LogP contribution in [0.25, 0.3) is 0 Å². The number of aromatic nitrogens is 2. The van der Waals surface area contributed by atoms with E-state index in [-0.39, 0.29) is 23.8 Å². The molecule has 0 bridgehead atoms. The number of hydrogen-bond donors (Lipinski definition) is 0. The predicted octanol–water partition coefficient (Wildman–Crippen LogP) is 1.28. The van der Waals surface area contributed by atoms with Gasteiger partial charge in [0.2, 0.25) is 11.8 Å². The third-order valence-electron chi connectivity index (χ3n) is 5.85. The molecule has 2 saturated heterocycles. The highest BCUT2D eigenvalue weighted by molar-refractivity contribution is 5.87. The van der Waals surface area contributed by atoms with E-state index in [9.17, 15) is 14.4 Å². The summed E-state index contributed by atoms with van der Waals surface area (Å²) in [4.78, 5) is 45.4. The Morgan fingerprint density at radius 1 is 1.07 bits per heavy atom. The van der Waals surface area contributed by atoms with Gasteiger partial charge >= 0.3 is 0 Å². The van der Waals surface area contributed by atoms with Crippen molar-refractivity contribution in [3.05, 3.63) is 64.8 Å². The Labute approximate surface area is 163 Å².